The van der Waals surface area contributed by atoms with Crippen molar-refractivity contribution < 1.29 is 9.84 Å². The SMILES string of the molecule is COc1ccc(C2C3CCCCC3(O)CCN2CC=Cc2ccccc2)cc1. The van der Waals surface area contributed by atoms with Gasteiger partial charge in [0.1, 0.15) is 5.75 Å². The van der Waals surface area contributed by atoms with E-state index in [0.717, 1.165) is 44.5 Å². The summed E-state index contributed by atoms with van der Waals surface area (Å²) in [7, 11) is 1.70. The highest BCUT2D eigenvalue weighted by Gasteiger charge is 2.48. The van der Waals surface area contributed by atoms with Crippen molar-refractivity contribution in [3.05, 3.63) is 71.8 Å². The molecule has 3 unspecified atom stereocenters. The minimum absolute atomic E-state index is 0.255. The molecular weight excluding hydrogens is 346 g/mol. The van der Waals surface area contributed by atoms with E-state index in [0.29, 0.717) is 5.92 Å². The summed E-state index contributed by atoms with van der Waals surface area (Å²) in [6.07, 6.45) is 9.75. The fourth-order valence-electron chi connectivity index (χ4n) is 5.08. The Balaban J connectivity index is 1.58. The van der Waals surface area contributed by atoms with Gasteiger partial charge in [0.25, 0.3) is 0 Å². The Kier molecular flexibility index (Phi) is 5.84. The highest BCUT2D eigenvalue weighted by Crippen LogP contribution is 2.49. The topological polar surface area (TPSA) is 32.7 Å². The maximum absolute atomic E-state index is 11.4. The van der Waals surface area contributed by atoms with Crippen molar-refractivity contribution in [3.63, 3.8) is 0 Å². The lowest BCUT2D eigenvalue weighted by Gasteiger charge is -2.52. The summed E-state index contributed by atoms with van der Waals surface area (Å²) < 4.78 is 5.35. The van der Waals surface area contributed by atoms with E-state index in [4.69, 9.17) is 4.74 Å². The van der Waals surface area contributed by atoms with Crippen LogP contribution in [-0.4, -0.2) is 35.8 Å². The number of hydrogen-bond acceptors (Lipinski definition) is 3. The molecule has 148 valence electrons. The number of rotatable bonds is 5. The van der Waals surface area contributed by atoms with E-state index < -0.39 is 5.60 Å². The summed E-state index contributed by atoms with van der Waals surface area (Å²) >= 11 is 0. The molecule has 28 heavy (non-hydrogen) atoms. The number of nitrogens with zero attached hydrogens (tertiary/aromatic N) is 1. The number of likely N-dealkylation sites (tertiary alicyclic amines) is 1. The zero-order valence-electron chi connectivity index (χ0n) is 16.8. The Labute approximate surface area is 168 Å². The van der Waals surface area contributed by atoms with E-state index in [9.17, 15) is 5.11 Å². The van der Waals surface area contributed by atoms with E-state index in [-0.39, 0.29) is 6.04 Å². The smallest absolute Gasteiger partial charge is 0.118 e. The molecule has 0 aromatic heterocycles. The van der Waals surface area contributed by atoms with E-state index in [1.165, 1.54) is 17.5 Å². The number of ether oxygens (including phenoxy) is 1. The highest BCUT2D eigenvalue weighted by molar-refractivity contribution is 5.48. The van der Waals surface area contributed by atoms with Crippen molar-refractivity contribution in [2.45, 2.75) is 43.7 Å². The van der Waals surface area contributed by atoms with E-state index in [1.807, 2.05) is 18.2 Å². The van der Waals surface area contributed by atoms with Crippen LogP contribution in [0.3, 0.4) is 0 Å². The first-order valence-electron chi connectivity index (χ1n) is 10.5. The molecule has 1 aliphatic heterocycles. The Hall–Kier alpha value is -2.10. The number of benzene rings is 2. The largest absolute Gasteiger partial charge is 0.497 e. The third-order valence-electron chi connectivity index (χ3n) is 6.58. The summed E-state index contributed by atoms with van der Waals surface area (Å²) in [5, 5.41) is 11.4. The van der Waals surface area contributed by atoms with Gasteiger partial charge in [0.2, 0.25) is 0 Å². The standard InChI is InChI=1S/C25H31NO2/c1-28-22-14-12-21(13-15-22)24-23-11-5-6-16-25(23,27)17-19-26(24)18-7-10-20-8-3-2-4-9-20/h2-4,7-10,12-15,23-24,27H,5-6,11,16-19H2,1H3. The second kappa shape index (κ2) is 8.50. The van der Waals surface area contributed by atoms with Crippen LogP contribution in [0, 0.1) is 5.92 Å². The van der Waals surface area contributed by atoms with Gasteiger partial charge in [-0.25, -0.2) is 0 Å². The Morgan fingerprint density at radius 2 is 1.86 bits per heavy atom. The van der Waals surface area contributed by atoms with Crippen molar-refractivity contribution in [1.82, 2.24) is 4.90 Å². The lowest BCUT2D eigenvalue weighted by molar-refractivity contribution is -0.122. The number of fused-ring (bicyclic) bond motifs is 1. The minimum Gasteiger partial charge on any atom is -0.497 e. The van der Waals surface area contributed by atoms with Crippen molar-refractivity contribution in [1.29, 1.82) is 0 Å². The van der Waals surface area contributed by atoms with Crippen LogP contribution in [0.5, 0.6) is 5.75 Å². The van der Waals surface area contributed by atoms with Crippen LogP contribution in [0.25, 0.3) is 6.08 Å². The molecule has 0 spiro atoms. The van der Waals surface area contributed by atoms with Crippen LogP contribution in [0.1, 0.15) is 49.3 Å². The van der Waals surface area contributed by atoms with Crippen molar-refractivity contribution in [3.8, 4) is 5.75 Å². The quantitative estimate of drug-likeness (QED) is 0.789. The van der Waals surface area contributed by atoms with Gasteiger partial charge in [-0.3, -0.25) is 4.90 Å². The van der Waals surface area contributed by atoms with Crippen molar-refractivity contribution >= 4 is 6.08 Å². The summed E-state index contributed by atoms with van der Waals surface area (Å²) in [6, 6.07) is 19.2. The predicted molar refractivity (Wildman–Crippen MR) is 114 cm³/mol. The second-order valence-electron chi connectivity index (χ2n) is 8.23. The van der Waals surface area contributed by atoms with Crippen LogP contribution in [0.15, 0.2) is 60.7 Å². The van der Waals surface area contributed by atoms with Gasteiger partial charge in [0, 0.05) is 25.0 Å². The average molecular weight is 378 g/mol. The molecule has 1 heterocycles. The molecule has 0 radical (unpaired) electrons. The van der Waals surface area contributed by atoms with Gasteiger partial charge >= 0.3 is 0 Å². The van der Waals surface area contributed by atoms with Crippen LogP contribution >= 0.6 is 0 Å². The normalized spacial score (nSPS) is 28.2. The summed E-state index contributed by atoms with van der Waals surface area (Å²) in [5.41, 5.74) is 2.01. The monoisotopic (exact) mass is 377 g/mol. The molecule has 1 aliphatic carbocycles. The van der Waals surface area contributed by atoms with Crippen LogP contribution in [-0.2, 0) is 0 Å². The third kappa shape index (κ3) is 4.01. The molecule has 2 aromatic carbocycles. The second-order valence-corrected chi connectivity index (χ2v) is 8.23. The predicted octanol–water partition coefficient (Wildman–Crippen LogP) is 5.08. The maximum atomic E-state index is 11.4. The van der Waals surface area contributed by atoms with Gasteiger partial charge in [0.05, 0.1) is 12.7 Å². The maximum Gasteiger partial charge on any atom is 0.118 e. The molecule has 2 aromatic rings. The van der Waals surface area contributed by atoms with Crippen LogP contribution in [0.2, 0.25) is 0 Å². The molecule has 3 heteroatoms. The fraction of sp³-hybridized carbons (Fsp3) is 0.440. The molecule has 3 nitrogen and oxygen atoms in total. The first-order chi connectivity index (χ1) is 13.7. The zero-order chi connectivity index (χ0) is 19.4. The molecule has 3 atom stereocenters. The molecule has 2 aliphatic rings. The highest BCUT2D eigenvalue weighted by atomic mass is 16.5. The first-order valence-corrected chi connectivity index (χ1v) is 10.5. The fourth-order valence-corrected chi connectivity index (χ4v) is 5.08. The first kappa shape index (κ1) is 19.2. The number of aliphatic hydroxyl groups is 1. The van der Waals surface area contributed by atoms with E-state index >= 15 is 0 Å². The summed E-state index contributed by atoms with van der Waals surface area (Å²) in [4.78, 5) is 2.55. The molecule has 0 bridgehead atoms. The Bertz CT molecular complexity index is 786. The van der Waals surface area contributed by atoms with Crippen LogP contribution < -0.4 is 4.74 Å². The molecule has 4 rings (SSSR count). The molecule has 1 N–H and O–H groups in total. The van der Waals surface area contributed by atoms with Gasteiger partial charge in [-0.2, -0.15) is 0 Å². The van der Waals surface area contributed by atoms with Crippen molar-refractivity contribution in [2.24, 2.45) is 5.92 Å². The third-order valence-corrected chi connectivity index (χ3v) is 6.58. The Morgan fingerprint density at radius 3 is 2.61 bits per heavy atom. The van der Waals surface area contributed by atoms with Gasteiger partial charge in [0.15, 0.2) is 0 Å². The molecule has 1 saturated heterocycles. The van der Waals surface area contributed by atoms with Gasteiger partial charge < -0.3 is 9.84 Å². The minimum atomic E-state index is -0.511. The summed E-state index contributed by atoms with van der Waals surface area (Å²) in [6.45, 7) is 1.83. The van der Waals surface area contributed by atoms with E-state index in [1.54, 1.807) is 7.11 Å². The van der Waals surface area contributed by atoms with Crippen molar-refractivity contribution in [2.75, 3.05) is 20.2 Å². The summed E-state index contributed by atoms with van der Waals surface area (Å²) in [5.74, 6) is 1.18. The molecule has 1 saturated carbocycles. The number of hydrogen-bond donors (Lipinski definition) is 1. The van der Waals surface area contributed by atoms with Gasteiger partial charge in [-0.1, -0.05) is 67.5 Å². The van der Waals surface area contributed by atoms with E-state index in [2.05, 4.69) is 53.5 Å². The molecular formula is C25H31NO2. The van der Waals surface area contributed by atoms with Crippen LogP contribution in [0.4, 0.5) is 0 Å². The lowest BCUT2D eigenvalue weighted by atomic mass is 9.66. The van der Waals surface area contributed by atoms with Gasteiger partial charge in [-0.15, -0.1) is 0 Å². The zero-order valence-corrected chi connectivity index (χ0v) is 16.8. The molecule has 2 fully saturated rings. The molecule has 0 amide bonds. The number of piperidine rings is 1. The van der Waals surface area contributed by atoms with Gasteiger partial charge in [-0.05, 0) is 42.5 Å². The average Bonchev–Trinajstić information content (AvgIpc) is 2.74. The Morgan fingerprint density at radius 1 is 1.07 bits per heavy atom. The lowest BCUT2D eigenvalue weighted by Crippen LogP contribution is -2.54. The number of methoxy groups -OCH3 is 1.